The lowest BCUT2D eigenvalue weighted by molar-refractivity contribution is -0.152. The molecule has 1 aromatic rings. The number of benzene rings is 1. The molecule has 0 aliphatic rings. The number of amidine groups is 1. The topological polar surface area (TPSA) is 73.9 Å². The summed E-state index contributed by atoms with van der Waals surface area (Å²) in [6, 6.07) is 6.87. The van der Waals surface area contributed by atoms with Crippen LogP contribution in [0.1, 0.15) is 0 Å². The van der Waals surface area contributed by atoms with Gasteiger partial charge in [0.2, 0.25) is 0 Å². The van der Waals surface area contributed by atoms with Gasteiger partial charge in [-0.2, -0.15) is 13.2 Å². The smallest absolute Gasteiger partial charge is 0.400 e. The Morgan fingerprint density at radius 1 is 1.35 bits per heavy atom. The molecule has 1 unspecified atom stereocenters. The molecule has 0 aromatic heterocycles. The van der Waals surface area contributed by atoms with E-state index in [1.54, 1.807) is 24.3 Å². The van der Waals surface area contributed by atoms with Gasteiger partial charge in [0.15, 0.2) is 5.84 Å². The van der Waals surface area contributed by atoms with Crippen molar-refractivity contribution in [3.8, 4) is 0 Å². The molecule has 0 radical (unpaired) electrons. The third-order valence-corrected chi connectivity index (χ3v) is 2.76. The number of nitrogens with zero attached hydrogens (tertiary/aromatic N) is 2. The van der Waals surface area contributed by atoms with Crippen molar-refractivity contribution in [3.05, 3.63) is 24.3 Å². The number of nitrogens with two attached hydrogens (primary N) is 1. The summed E-state index contributed by atoms with van der Waals surface area (Å²) < 4.78 is 38.1. The highest BCUT2D eigenvalue weighted by molar-refractivity contribution is 5.83. The minimum absolute atomic E-state index is 0.499. The molecule has 1 rings (SSSR count). The molecule has 0 heterocycles. The second kappa shape index (κ2) is 6.36. The molecule has 0 amide bonds. The molecule has 0 spiro atoms. The molecule has 0 saturated carbocycles. The lowest BCUT2D eigenvalue weighted by Gasteiger charge is -2.20. The first kappa shape index (κ1) is 15.9. The fourth-order valence-corrected chi connectivity index (χ4v) is 1.56. The van der Waals surface area contributed by atoms with Gasteiger partial charge in [0.05, 0.1) is 0 Å². The summed E-state index contributed by atoms with van der Waals surface area (Å²) >= 11 is 0. The van der Waals surface area contributed by atoms with Gasteiger partial charge in [0, 0.05) is 32.0 Å². The molecule has 1 aromatic carbocycles. The van der Waals surface area contributed by atoms with E-state index in [1.807, 2.05) is 19.0 Å². The molecule has 112 valence electrons. The second-order valence-electron chi connectivity index (χ2n) is 4.44. The Kier molecular flexibility index (Phi) is 5.06. The molecule has 0 aliphatic carbocycles. The van der Waals surface area contributed by atoms with Crippen molar-refractivity contribution in [2.45, 2.75) is 6.18 Å². The Morgan fingerprint density at radius 2 is 1.90 bits per heavy atom. The van der Waals surface area contributed by atoms with Gasteiger partial charge in [0.1, 0.15) is 5.92 Å². The molecular formula is C12H17F3N4O. The van der Waals surface area contributed by atoms with Gasteiger partial charge in [-0.05, 0) is 24.3 Å². The zero-order chi connectivity index (χ0) is 15.3. The van der Waals surface area contributed by atoms with Crippen molar-refractivity contribution >= 4 is 17.2 Å². The molecule has 5 nitrogen and oxygen atoms in total. The molecule has 0 saturated heterocycles. The van der Waals surface area contributed by atoms with Crippen LogP contribution in [0.25, 0.3) is 0 Å². The van der Waals surface area contributed by atoms with E-state index >= 15 is 0 Å². The van der Waals surface area contributed by atoms with Crippen LogP contribution in [-0.4, -0.2) is 37.9 Å². The fraction of sp³-hybridized carbons (Fsp3) is 0.417. The maximum Gasteiger partial charge on any atom is 0.400 e. The van der Waals surface area contributed by atoms with Crippen molar-refractivity contribution in [1.82, 2.24) is 0 Å². The van der Waals surface area contributed by atoms with Crippen molar-refractivity contribution in [2.24, 2.45) is 16.8 Å². The average Bonchev–Trinajstić information content (AvgIpc) is 2.37. The van der Waals surface area contributed by atoms with Gasteiger partial charge in [-0.15, -0.1) is 0 Å². The molecule has 0 aliphatic heterocycles. The number of hydrogen-bond acceptors (Lipinski definition) is 4. The van der Waals surface area contributed by atoms with E-state index in [0.717, 1.165) is 5.69 Å². The number of oxime groups is 1. The van der Waals surface area contributed by atoms with Gasteiger partial charge < -0.3 is 21.2 Å². The molecule has 1 atom stereocenters. The van der Waals surface area contributed by atoms with Crippen LogP contribution in [0.15, 0.2) is 29.4 Å². The van der Waals surface area contributed by atoms with Crippen molar-refractivity contribution in [2.75, 3.05) is 30.9 Å². The lowest BCUT2D eigenvalue weighted by atomic mass is 10.1. The van der Waals surface area contributed by atoms with Gasteiger partial charge in [-0.1, -0.05) is 5.16 Å². The van der Waals surface area contributed by atoms with E-state index in [-0.39, 0.29) is 0 Å². The SMILES string of the molecule is CN(C)c1ccc(NCC(/C(N)=N/O)C(F)(F)F)cc1. The van der Waals surface area contributed by atoms with Crippen molar-refractivity contribution in [3.63, 3.8) is 0 Å². The normalized spacial score (nSPS) is 13.9. The Morgan fingerprint density at radius 3 is 2.30 bits per heavy atom. The van der Waals surface area contributed by atoms with Crippen LogP contribution in [0.4, 0.5) is 24.5 Å². The number of rotatable bonds is 5. The molecule has 0 fully saturated rings. The number of hydrogen-bond donors (Lipinski definition) is 3. The molecule has 20 heavy (non-hydrogen) atoms. The van der Waals surface area contributed by atoms with E-state index in [2.05, 4.69) is 10.5 Å². The fourth-order valence-electron chi connectivity index (χ4n) is 1.56. The zero-order valence-corrected chi connectivity index (χ0v) is 11.1. The largest absolute Gasteiger partial charge is 0.409 e. The Hall–Kier alpha value is -2.12. The third kappa shape index (κ3) is 4.22. The van der Waals surface area contributed by atoms with Gasteiger partial charge in [-0.3, -0.25) is 0 Å². The summed E-state index contributed by atoms with van der Waals surface area (Å²) in [5.74, 6) is -2.91. The van der Waals surface area contributed by atoms with E-state index < -0.39 is 24.5 Å². The van der Waals surface area contributed by atoms with E-state index in [9.17, 15) is 13.2 Å². The van der Waals surface area contributed by atoms with Gasteiger partial charge in [-0.25, -0.2) is 0 Å². The van der Waals surface area contributed by atoms with Crippen LogP contribution in [0.2, 0.25) is 0 Å². The first-order valence-electron chi connectivity index (χ1n) is 5.81. The van der Waals surface area contributed by atoms with E-state index in [4.69, 9.17) is 10.9 Å². The van der Waals surface area contributed by atoms with E-state index in [0.29, 0.717) is 5.69 Å². The minimum Gasteiger partial charge on any atom is -0.409 e. The maximum absolute atomic E-state index is 12.7. The third-order valence-electron chi connectivity index (χ3n) is 2.76. The van der Waals surface area contributed by atoms with Gasteiger partial charge in [0.25, 0.3) is 0 Å². The monoisotopic (exact) mass is 290 g/mol. The Balaban J connectivity index is 2.73. The summed E-state index contributed by atoms with van der Waals surface area (Å²) in [6.45, 7) is -0.499. The molecule has 4 N–H and O–H groups in total. The highest BCUT2D eigenvalue weighted by atomic mass is 19.4. The second-order valence-corrected chi connectivity index (χ2v) is 4.44. The van der Waals surface area contributed by atoms with Crippen LogP contribution >= 0.6 is 0 Å². The number of nitrogens with one attached hydrogen (secondary N) is 1. The highest BCUT2D eigenvalue weighted by Gasteiger charge is 2.42. The van der Waals surface area contributed by atoms with Crippen LogP contribution in [-0.2, 0) is 0 Å². The molecule has 8 heteroatoms. The first-order chi connectivity index (χ1) is 9.25. The van der Waals surface area contributed by atoms with E-state index in [1.165, 1.54) is 0 Å². The van der Waals surface area contributed by atoms with Crippen molar-refractivity contribution < 1.29 is 18.4 Å². The Labute approximate surface area is 114 Å². The quantitative estimate of drug-likeness (QED) is 0.336. The zero-order valence-electron chi connectivity index (χ0n) is 11.1. The lowest BCUT2D eigenvalue weighted by Crippen LogP contribution is -2.40. The first-order valence-corrected chi connectivity index (χ1v) is 5.81. The van der Waals surface area contributed by atoms with Crippen LogP contribution in [0.3, 0.4) is 0 Å². The maximum atomic E-state index is 12.7. The highest BCUT2D eigenvalue weighted by Crippen LogP contribution is 2.27. The molecule has 0 bridgehead atoms. The van der Waals surface area contributed by atoms with Gasteiger partial charge >= 0.3 is 6.18 Å². The number of alkyl halides is 3. The van der Waals surface area contributed by atoms with Crippen LogP contribution in [0.5, 0.6) is 0 Å². The minimum atomic E-state index is -4.58. The summed E-state index contributed by atoms with van der Waals surface area (Å²) in [6.07, 6.45) is -4.58. The summed E-state index contributed by atoms with van der Waals surface area (Å²) in [4.78, 5) is 1.87. The average molecular weight is 290 g/mol. The summed E-state index contributed by atoms with van der Waals surface area (Å²) in [7, 11) is 3.72. The Bertz CT molecular complexity index is 457. The van der Waals surface area contributed by atoms with Crippen molar-refractivity contribution in [1.29, 1.82) is 0 Å². The van der Waals surface area contributed by atoms with Crippen LogP contribution < -0.4 is 16.0 Å². The number of halogens is 3. The standard InChI is InChI=1S/C12H17F3N4O/c1-19(2)9-5-3-8(4-6-9)17-7-10(11(16)18-20)12(13,14)15/h3-6,10,17,20H,7H2,1-2H3,(H2,16,18). The predicted octanol–water partition coefficient (Wildman–Crippen LogP) is 2.09. The number of anilines is 2. The summed E-state index contributed by atoms with van der Waals surface area (Å²) in [5.41, 5.74) is 6.52. The summed E-state index contributed by atoms with van der Waals surface area (Å²) in [5, 5.41) is 13.4. The van der Waals surface area contributed by atoms with Crippen LogP contribution in [0, 0.1) is 5.92 Å². The predicted molar refractivity (Wildman–Crippen MR) is 72.2 cm³/mol. The molecular weight excluding hydrogens is 273 g/mol.